The molecule has 0 radical (unpaired) electrons. The highest BCUT2D eigenvalue weighted by molar-refractivity contribution is 7.89. The predicted octanol–water partition coefficient (Wildman–Crippen LogP) is 2.69. The van der Waals surface area contributed by atoms with E-state index in [1.807, 2.05) is 12.1 Å². The summed E-state index contributed by atoms with van der Waals surface area (Å²) in [5.74, 6) is 4.70. The van der Waals surface area contributed by atoms with E-state index in [1.54, 1.807) is 7.11 Å². The van der Waals surface area contributed by atoms with Crippen LogP contribution in [0.4, 0.5) is 5.69 Å². The first-order valence-corrected chi connectivity index (χ1v) is 12.3. The number of methoxy groups -OCH3 is 1. The highest BCUT2D eigenvalue weighted by Crippen LogP contribution is 2.31. The number of nitrogens with one attached hydrogen (secondary N) is 2. The predicted molar refractivity (Wildman–Crippen MR) is 96.1 cm³/mol. The molecule has 22 heavy (non-hydrogen) atoms. The van der Waals surface area contributed by atoms with E-state index >= 15 is 0 Å². The van der Waals surface area contributed by atoms with Gasteiger partial charge in [0.15, 0.2) is 0 Å². The molecule has 1 aromatic carbocycles. The molecule has 1 heterocycles. The molecule has 120 valence electrons. The van der Waals surface area contributed by atoms with Gasteiger partial charge in [-0.2, -0.15) is 0 Å². The van der Waals surface area contributed by atoms with Crippen LogP contribution in [0.5, 0.6) is 5.75 Å². The number of rotatable bonds is 4. The zero-order chi connectivity index (χ0) is 16.2. The van der Waals surface area contributed by atoms with Gasteiger partial charge in [0.1, 0.15) is 19.6 Å². The van der Waals surface area contributed by atoms with Gasteiger partial charge in [-0.05, 0) is 17.7 Å². The van der Waals surface area contributed by atoms with Crippen LogP contribution in [0.1, 0.15) is 18.0 Å². The van der Waals surface area contributed by atoms with Crippen LogP contribution < -0.4 is 14.8 Å². The summed E-state index contributed by atoms with van der Waals surface area (Å²) in [6.07, 6.45) is 0.893. The van der Waals surface area contributed by atoms with Gasteiger partial charge in [0, 0.05) is 17.8 Å². The molecule has 2 atom stereocenters. The van der Waals surface area contributed by atoms with Crippen LogP contribution in [0.15, 0.2) is 18.2 Å². The van der Waals surface area contributed by atoms with E-state index in [9.17, 15) is 4.55 Å². The lowest BCUT2D eigenvalue weighted by atomic mass is 10.0. The molecule has 1 fully saturated rings. The van der Waals surface area contributed by atoms with Crippen molar-refractivity contribution in [1.82, 2.24) is 4.72 Å². The van der Waals surface area contributed by atoms with Gasteiger partial charge in [0.25, 0.3) is 0 Å². The minimum absolute atomic E-state index is 0.149. The average molecular weight is 337 g/mol. The molecule has 1 aromatic rings. The third-order valence-corrected chi connectivity index (χ3v) is 5.40. The lowest BCUT2D eigenvalue weighted by molar-refractivity contribution is 0.415. The van der Waals surface area contributed by atoms with Gasteiger partial charge in [-0.25, -0.2) is 0 Å². The third kappa shape index (κ3) is 4.95. The van der Waals surface area contributed by atoms with E-state index in [4.69, 9.17) is 4.74 Å². The zero-order valence-corrected chi connectivity index (χ0v) is 15.5. The smallest absolute Gasteiger partial charge is 0.142 e. The summed E-state index contributed by atoms with van der Waals surface area (Å²) in [4.78, 5) is 0. The van der Waals surface area contributed by atoms with Crippen LogP contribution >= 0.6 is 0 Å². The summed E-state index contributed by atoms with van der Waals surface area (Å²) in [6, 6.07) is 6.22. The molecule has 1 saturated heterocycles. The fourth-order valence-electron chi connectivity index (χ4n) is 2.26. The Hall–Kier alpha value is -1.13. The molecule has 2 N–H and O–H groups in total. The van der Waals surface area contributed by atoms with E-state index in [0.29, 0.717) is 12.3 Å². The molecular weight excluding hydrogens is 312 g/mol. The summed E-state index contributed by atoms with van der Waals surface area (Å²) in [6.45, 7) is 7.31. The summed E-state index contributed by atoms with van der Waals surface area (Å²) < 4.78 is 20.0. The minimum Gasteiger partial charge on any atom is -0.598 e. The Morgan fingerprint density at radius 1 is 1.45 bits per heavy atom. The molecule has 2 rings (SSSR count). The van der Waals surface area contributed by atoms with Crippen LogP contribution in [0.25, 0.3) is 0 Å². The molecule has 4 nitrogen and oxygen atoms in total. The van der Waals surface area contributed by atoms with Crippen LogP contribution in [0.2, 0.25) is 19.6 Å². The van der Waals surface area contributed by atoms with Crippen molar-refractivity contribution in [2.45, 2.75) is 32.1 Å². The van der Waals surface area contributed by atoms with Crippen molar-refractivity contribution < 1.29 is 9.29 Å². The SMILES string of the molecule is COc1cc(C2CC[S+]([O-])N2)ccc1NCC#C[Si](C)(C)C. The number of anilines is 1. The van der Waals surface area contributed by atoms with Gasteiger partial charge < -0.3 is 14.6 Å². The Balaban J connectivity index is 2.04. The molecule has 1 aliphatic rings. The second-order valence-electron chi connectivity index (χ2n) is 6.37. The standard InChI is InChI=1S/C16H24N2O2SSi/c1-20-16-12-13(14-8-10-21(19)18-14)6-7-15(16)17-9-5-11-22(2,3)4/h6-7,12,14,17-18H,8-10H2,1-4H3. The van der Waals surface area contributed by atoms with Gasteiger partial charge in [0.2, 0.25) is 0 Å². The normalized spacial score (nSPS) is 21.1. The average Bonchev–Trinajstić information content (AvgIpc) is 2.89. The topological polar surface area (TPSA) is 56.4 Å². The molecular formula is C16H24N2O2SSi. The zero-order valence-electron chi connectivity index (χ0n) is 13.7. The molecule has 0 bridgehead atoms. The van der Waals surface area contributed by atoms with E-state index in [0.717, 1.165) is 23.4 Å². The number of hydrogen-bond donors (Lipinski definition) is 2. The molecule has 0 aliphatic carbocycles. The summed E-state index contributed by atoms with van der Waals surface area (Å²) >= 11 is -0.903. The number of ether oxygens (including phenoxy) is 1. The summed E-state index contributed by atoms with van der Waals surface area (Å²) in [5.41, 5.74) is 5.38. The Labute approximate surface area is 137 Å². The first-order chi connectivity index (χ1) is 10.4. The molecule has 0 aromatic heterocycles. The van der Waals surface area contributed by atoms with Crippen molar-refractivity contribution in [3.63, 3.8) is 0 Å². The van der Waals surface area contributed by atoms with Crippen molar-refractivity contribution in [2.75, 3.05) is 24.7 Å². The van der Waals surface area contributed by atoms with Crippen LogP contribution in [-0.2, 0) is 11.4 Å². The monoisotopic (exact) mass is 336 g/mol. The van der Waals surface area contributed by atoms with E-state index in [1.165, 1.54) is 0 Å². The van der Waals surface area contributed by atoms with Gasteiger partial charge >= 0.3 is 0 Å². The lowest BCUT2D eigenvalue weighted by Crippen LogP contribution is -2.19. The highest BCUT2D eigenvalue weighted by atomic mass is 32.2. The summed E-state index contributed by atoms with van der Waals surface area (Å²) in [7, 11) is 0.345. The molecule has 0 amide bonds. The van der Waals surface area contributed by atoms with Crippen molar-refractivity contribution in [3.8, 4) is 17.2 Å². The first-order valence-electron chi connectivity index (χ1n) is 7.45. The minimum atomic E-state index is -1.32. The maximum Gasteiger partial charge on any atom is 0.142 e. The number of hydrogen-bond acceptors (Lipinski definition) is 4. The van der Waals surface area contributed by atoms with Gasteiger partial charge in [-0.15, -0.1) is 10.3 Å². The summed E-state index contributed by atoms with van der Waals surface area (Å²) in [5, 5.41) is 3.31. The Bertz CT molecular complexity index is 578. The maximum atomic E-state index is 11.4. The third-order valence-electron chi connectivity index (χ3n) is 3.32. The van der Waals surface area contributed by atoms with Crippen LogP contribution in [-0.4, -0.2) is 32.0 Å². The lowest BCUT2D eigenvalue weighted by Gasteiger charge is -2.14. The van der Waals surface area contributed by atoms with E-state index in [2.05, 4.69) is 47.2 Å². The van der Waals surface area contributed by atoms with E-state index in [-0.39, 0.29) is 6.04 Å². The number of benzene rings is 1. The fraction of sp³-hybridized carbons (Fsp3) is 0.500. The quantitative estimate of drug-likeness (QED) is 0.504. The largest absolute Gasteiger partial charge is 0.598 e. The Kier molecular flexibility index (Phi) is 5.81. The fourth-order valence-corrected chi connectivity index (χ4v) is 4.01. The molecule has 0 spiro atoms. The van der Waals surface area contributed by atoms with Gasteiger partial charge in [-0.1, -0.05) is 31.6 Å². The molecule has 6 heteroatoms. The van der Waals surface area contributed by atoms with Gasteiger partial charge in [0.05, 0.1) is 25.4 Å². The molecule has 2 unspecified atom stereocenters. The second kappa shape index (κ2) is 7.42. The maximum absolute atomic E-state index is 11.4. The van der Waals surface area contributed by atoms with Crippen molar-refractivity contribution in [2.24, 2.45) is 0 Å². The molecule has 0 saturated carbocycles. The highest BCUT2D eigenvalue weighted by Gasteiger charge is 2.27. The van der Waals surface area contributed by atoms with Crippen molar-refractivity contribution in [3.05, 3.63) is 23.8 Å². The van der Waals surface area contributed by atoms with Crippen LogP contribution in [0, 0.1) is 11.5 Å². The van der Waals surface area contributed by atoms with Crippen LogP contribution in [0.3, 0.4) is 0 Å². The second-order valence-corrected chi connectivity index (χ2v) is 12.5. The van der Waals surface area contributed by atoms with Crippen molar-refractivity contribution >= 4 is 25.1 Å². The van der Waals surface area contributed by atoms with Crippen molar-refractivity contribution in [1.29, 1.82) is 0 Å². The molecule has 1 aliphatic heterocycles. The van der Waals surface area contributed by atoms with Gasteiger partial charge in [-0.3, -0.25) is 0 Å². The Morgan fingerprint density at radius 2 is 2.23 bits per heavy atom. The Morgan fingerprint density at radius 3 is 2.82 bits per heavy atom. The van der Waals surface area contributed by atoms with E-state index < -0.39 is 19.4 Å². The first kappa shape index (κ1) is 17.2.